The molecule has 1 amide bonds. The molecule has 0 aliphatic rings. The van der Waals surface area contributed by atoms with Crippen LogP contribution in [0.15, 0.2) is 18.2 Å². The average Bonchev–Trinajstić information content (AvgIpc) is 2.23. The van der Waals surface area contributed by atoms with Gasteiger partial charge in [-0.3, -0.25) is 4.79 Å². The second-order valence-electron chi connectivity index (χ2n) is 4.66. The molecule has 2 nitrogen and oxygen atoms in total. The Morgan fingerprint density at radius 3 is 2.29 bits per heavy atom. The molecular weight excluding hydrogens is 257 g/mol. The lowest BCUT2D eigenvalue weighted by molar-refractivity contribution is -0.122. The van der Waals surface area contributed by atoms with E-state index >= 15 is 0 Å². The molecule has 0 saturated carbocycles. The predicted octanol–water partition coefficient (Wildman–Crippen LogP) is 3.84. The third-order valence-electron chi connectivity index (χ3n) is 2.76. The van der Waals surface area contributed by atoms with Crippen LogP contribution in [0.3, 0.4) is 0 Å². The lowest BCUT2D eigenvalue weighted by Gasteiger charge is -2.24. The Balaban J connectivity index is 2.75. The lowest BCUT2D eigenvalue weighted by Crippen LogP contribution is -2.43. The van der Waals surface area contributed by atoms with Gasteiger partial charge in [-0.2, -0.15) is 0 Å². The smallest absolute Gasteiger partial charge is 0.224 e. The van der Waals surface area contributed by atoms with Gasteiger partial charge in [-0.05, 0) is 38.0 Å². The molecule has 0 atom stereocenters. The zero-order chi connectivity index (χ0) is 13.1. The average molecular weight is 274 g/mol. The Morgan fingerprint density at radius 1 is 1.29 bits per heavy atom. The van der Waals surface area contributed by atoms with Crippen molar-refractivity contribution in [3.63, 3.8) is 0 Å². The van der Waals surface area contributed by atoms with Gasteiger partial charge >= 0.3 is 0 Å². The number of amides is 1. The van der Waals surface area contributed by atoms with Gasteiger partial charge in [-0.15, -0.1) is 0 Å². The van der Waals surface area contributed by atoms with Crippen LogP contribution in [0.5, 0.6) is 0 Å². The van der Waals surface area contributed by atoms with Gasteiger partial charge < -0.3 is 5.32 Å². The number of carbonyl (C=O) groups excluding carboxylic acids is 1. The van der Waals surface area contributed by atoms with E-state index in [0.717, 1.165) is 6.42 Å². The number of hydrogen-bond donors (Lipinski definition) is 1. The molecule has 17 heavy (non-hydrogen) atoms. The maximum Gasteiger partial charge on any atom is 0.224 e. The molecule has 0 radical (unpaired) electrons. The number of halogens is 2. The predicted molar refractivity (Wildman–Crippen MR) is 72.7 cm³/mol. The van der Waals surface area contributed by atoms with E-state index in [0.29, 0.717) is 15.6 Å². The van der Waals surface area contributed by atoms with Crippen LogP contribution in [0, 0.1) is 0 Å². The zero-order valence-electron chi connectivity index (χ0n) is 10.3. The molecule has 1 aromatic rings. The molecule has 0 fully saturated rings. The van der Waals surface area contributed by atoms with Crippen LogP contribution < -0.4 is 5.32 Å². The summed E-state index contributed by atoms with van der Waals surface area (Å²) in [4.78, 5) is 11.9. The van der Waals surface area contributed by atoms with Gasteiger partial charge in [-0.1, -0.05) is 36.2 Å². The van der Waals surface area contributed by atoms with Crippen molar-refractivity contribution in [2.45, 2.75) is 39.2 Å². The van der Waals surface area contributed by atoms with Gasteiger partial charge in [0.05, 0.1) is 6.42 Å². The van der Waals surface area contributed by atoms with Gasteiger partial charge in [0.25, 0.3) is 0 Å². The molecule has 1 rings (SSSR count). The third kappa shape index (κ3) is 4.21. The minimum absolute atomic E-state index is 0.0631. The fourth-order valence-electron chi connectivity index (χ4n) is 1.37. The van der Waals surface area contributed by atoms with E-state index in [-0.39, 0.29) is 17.9 Å². The van der Waals surface area contributed by atoms with E-state index in [1.165, 1.54) is 0 Å². The summed E-state index contributed by atoms with van der Waals surface area (Å²) >= 11 is 12.0. The van der Waals surface area contributed by atoms with Crippen LogP contribution in [0.2, 0.25) is 10.0 Å². The van der Waals surface area contributed by atoms with Crippen molar-refractivity contribution >= 4 is 29.1 Å². The first-order valence-corrected chi connectivity index (χ1v) is 6.35. The van der Waals surface area contributed by atoms with Gasteiger partial charge in [0.2, 0.25) is 5.91 Å². The highest BCUT2D eigenvalue weighted by Gasteiger charge is 2.19. The molecule has 0 saturated heterocycles. The molecule has 0 aliphatic carbocycles. The first-order chi connectivity index (χ1) is 7.85. The second kappa shape index (κ2) is 5.74. The van der Waals surface area contributed by atoms with E-state index in [1.807, 2.05) is 20.8 Å². The number of rotatable bonds is 4. The van der Waals surface area contributed by atoms with Crippen LogP contribution in [0.4, 0.5) is 0 Å². The molecule has 0 heterocycles. The van der Waals surface area contributed by atoms with Crippen LogP contribution in [-0.4, -0.2) is 11.4 Å². The van der Waals surface area contributed by atoms with Crippen LogP contribution in [0.25, 0.3) is 0 Å². The van der Waals surface area contributed by atoms with Crippen molar-refractivity contribution in [2.75, 3.05) is 0 Å². The number of carbonyl (C=O) groups is 1. The number of benzene rings is 1. The summed E-state index contributed by atoms with van der Waals surface area (Å²) in [5, 5.41) is 4.01. The highest BCUT2D eigenvalue weighted by atomic mass is 35.5. The highest BCUT2D eigenvalue weighted by Crippen LogP contribution is 2.24. The van der Waals surface area contributed by atoms with Crippen LogP contribution in [0.1, 0.15) is 32.8 Å². The van der Waals surface area contributed by atoms with Crippen LogP contribution >= 0.6 is 23.2 Å². The summed E-state index contributed by atoms with van der Waals surface area (Å²) in [5.41, 5.74) is 0.477. The Morgan fingerprint density at radius 2 is 1.82 bits per heavy atom. The maximum absolute atomic E-state index is 11.9. The van der Waals surface area contributed by atoms with E-state index in [2.05, 4.69) is 5.32 Å². The standard InChI is InChI=1S/C13H17Cl2NO/c1-4-13(2,3)16-12(17)8-9-10(14)6-5-7-11(9)15/h5-7H,4,8H2,1-3H3,(H,16,17). The fraction of sp³-hybridized carbons (Fsp3) is 0.462. The Kier molecular flexibility index (Phi) is 4.84. The van der Waals surface area contributed by atoms with Crippen molar-refractivity contribution in [3.8, 4) is 0 Å². The normalized spacial score (nSPS) is 11.4. The van der Waals surface area contributed by atoms with Crippen molar-refractivity contribution in [2.24, 2.45) is 0 Å². The number of nitrogens with one attached hydrogen (secondary N) is 1. The molecule has 0 spiro atoms. The van der Waals surface area contributed by atoms with E-state index in [9.17, 15) is 4.79 Å². The molecule has 0 aliphatic heterocycles. The lowest BCUT2D eigenvalue weighted by atomic mass is 10.0. The monoisotopic (exact) mass is 273 g/mol. The Labute approximate surface area is 112 Å². The van der Waals surface area contributed by atoms with Gasteiger partial charge in [0.15, 0.2) is 0 Å². The van der Waals surface area contributed by atoms with Crippen molar-refractivity contribution < 1.29 is 4.79 Å². The minimum atomic E-state index is -0.204. The van der Waals surface area contributed by atoms with Crippen molar-refractivity contribution in [3.05, 3.63) is 33.8 Å². The molecule has 0 aromatic heterocycles. The molecule has 1 N–H and O–H groups in total. The fourth-order valence-corrected chi connectivity index (χ4v) is 1.90. The van der Waals surface area contributed by atoms with Gasteiger partial charge in [0, 0.05) is 15.6 Å². The van der Waals surface area contributed by atoms with Crippen molar-refractivity contribution in [1.82, 2.24) is 5.32 Å². The summed E-state index contributed by atoms with van der Waals surface area (Å²) in [6.07, 6.45) is 1.08. The summed E-state index contributed by atoms with van der Waals surface area (Å²) in [6, 6.07) is 5.24. The molecule has 0 bridgehead atoms. The second-order valence-corrected chi connectivity index (χ2v) is 5.48. The van der Waals surface area contributed by atoms with Crippen LogP contribution in [-0.2, 0) is 11.2 Å². The molecule has 94 valence electrons. The van der Waals surface area contributed by atoms with Gasteiger partial charge in [-0.25, -0.2) is 0 Å². The van der Waals surface area contributed by atoms with E-state index < -0.39 is 0 Å². The SMILES string of the molecule is CCC(C)(C)NC(=O)Cc1c(Cl)cccc1Cl. The maximum atomic E-state index is 11.9. The summed E-state index contributed by atoms with van der Waals surface area (Å²) in [5.74, 6) is -0.0631. The Bertz CT molecular complexity index is 396. The first-order valence-electron chi connectivity index (χ1n) is 5.59. The zero-order valence-corrected chi connectivity index (χ0v) is 11.8. The molecule has 4 heteroatoms. The van der Waals surface area contributed by atoms with E-state index in [1.54, 1.807) is 18.2 Å². The number of hydrogen-bond acceptors (Lipinski definition) is 1. The molecule has 1 aromatic carbocycles. The van der Waals surface area contributed by atoms with Crippen molar-refractivity contribution in [1.29, 1.82) is 0 Å². The first kappa shape index (κ1) is 14.3. The Hall–Kier alpha value is -0.730. The third-order valence-corrected chi connectivity index (χ3v) is 3.47. The minimum Gasteiger partial charge on any atom is -0.351 e. The summed E-state index contributed by atoms with van der Waals surface area (Å²) < 4.78 is 0. The topological polar surface area (TPSA) is 29.1 Å². The van der Waals surface area contributed by atoms with Gasteiger partial charge in [0.1, 0.15) is 0 Å². The largest absolute Gasteiger partial charge is 0.351 e. The summed E-state index contributed by atoms with van der Waals surface area (Å²) in [7, 11) is 0. The molecular formula is C13H17Cl2NO. The quantitative estimate of drug-likeness (QED) is 0.888. The highest BCUT2D eigenvalue weighted by molar-refractivity contribution is 6.36. The summed E-state index contributed by atoms with van der Waals surface area (Å²) in [6.45, 7) is 6.00. The molecule has 0 unspecified atom stereocenters. The van der Waals surface area contributed by atoms with E-state index in [4.69, 9.17) is 23.2 Å².